The molecule has 1 aromatic rings. The van der Waals surface area contributed by atoms with Crippen molar-refractivity contribution in [1.82, 2.24) is 0 Å². The topological polar surface area (TPSA) is 52.3 Å². The Hall–Kier alpha value is -1.49. The van der Waals surface area contributed by atoms with Gasteiger partial charge in [0, 0.05) is 11.6 Å². The van der Waals surface area contributed by atoms with E-state index < -0.39 is 23.6 Å². The molecule has 2 N–H and O–H groups in total. The van der Waals surface area contributed by atoms with Gasteiger partial charge in [0.05, 0.1) is 13.0 Å². The van der Waals surface area contributed by atoms with Crippen molar-refractivity contribution in [2.45, 2.75) is 26.3 Å². The lowest BCUT2D eigenvalue weighted by Crippen LogP contribution is -2.20. The molecular formula is C12H15F2NO2. The molecule has 0 aliphatic rings. The Kier molecular flexibility index (Phi) is 4.57. The van der Waals surface area contributed by atoms with Crippen molar-refractivity contribution >= 4 is 5.97 Å². The standard InChI is InChI=1S/C12H15F2NO2/c1-3-17-10(16)6-9(15)11-8(13)5-4-7(2)12(11)14/h4-5,9H,3,6,15H2,1-2H3/t9-/m0/s1. The molecular weight excluding hydrogens is 228 g/mol. The van der Waals surface area contributed by atoms with Crippen molar-refractivity contribution < 1.29 is 18.3 Å². The largest absolute Gasteiger partial charge is 0.466 e. The normalized spacial score (nSPS) is 12.3. The molecule has 0 aromatic heterocycles. The lowest BCUT2D eigenvalue weighted by molar-refractivity contribution is -0.143. The summed E-state index contributed by atoms with van der Waals surface area (Å²) in [7, 11) is 0. The van der Waals surface area contributed by atoms with Gasteiger partial charge in [-0.2, -0.15) is 0 Å². The Morgan fingerprint density at radius 2 is 2.12 bits per heavy atom. The van der Waals surface area contributed by atoms with Crippen molar-refractivity contribution in [3.63, 3.8) is 0 Å². The van der Waals surface area contributed by atoms with Gasteiger partial charge in [-0.3, -0.25) is 4.79 Å². The number of halogens is 2. The van der Waals surface area contributed by atoms with Crippen LogP contribution in [0.15, 0.2) is 12.1 Å². The van der Waals surface area contributed by atoms with Crippen LogP contribution in [0.4, 0.5) is 8.78 Å². The fourth-order valence-electron chi connectivity index (χ4n) is 1.52. The third kappa shape index (κ3) is 3.23. The maximum atomic E-state index is 13.7. The van der Waals surface area contributed by atoms with Crippen LogP contribution in [0.5, 0.6) is 0 Å². The van der Waals surface area contributed by atoms with Crippen molar-refractivity contribution in [3.05, 3.63) is 34.9 Å². The molecule has 17 heavy (non-hydrogen) atoms. The quantitative estimate of drug-likeness (QED) is 0.825. The Bertz CT molecular complexity index is 421. The summed E-state index contributed by atoms with van der Waals surface area (Å²) in [5.74, 6) is -2.02. The van der Waals surface area contributed by atoms with Crippen LogP contribution in [0.3, 0.4) is 0 Å². The van der Waals surface area contributed by atoms with Crippen LogP contribution in [0.2, 0.25) is 0 Å². The molecule has 1 atom stereocenters. The van der Waals surface area contributed by atoms with Gasteiger partial charge in [-0.1, -0.05) is 6.07 Å². The van der Waals surface area contributed by atoms with Gasteiger partial charge in [0.15, 0.2) is 0 Å². The monoisotopic (exact) mass is 243 g/mol. The molecule has 0 saturated heterocycles. The van der Waals surface area contributed by atoms with Crippen LogP contribution in [0, 0.1) is 18.6 Å². The second kappa shape index (κ2) is 5.72. The fourth-order valence-corrected chi connectivity index (χ4v) is 1.52. The predicted molar refractivity (Wildman–Crippen MR) is 59.3 cm³/mol. The van der Waals surface area contributed by atoms with Gasteiger partial charge in [-0.05, 0) is 25.5 Å². The van der Waals surface area contributed by atoms with Gasteiger partial charge < -0.3 is 10.5 Å². The minimum Gasteiger partial charge on any atom is -0.466 e. The number of hydrogen-bond donors (Lipinski definition) is 1. The number of carbonyl (C=O) groups is 1. The van der Waals surface area contributed by atoms with Crippen LogP contribution in [-0.2, 0) is 9.53 Å². The van der Waals surface area contributed by atoms with Crippen molar-refractivity contribution in [3.8, 4) is 0 Å². The molecule has 3 nitrogen and oxygen atoms in total. The van der Waals surface area contributed by atoms with Gasteiger partial charge in [-0.15, -0.1) is 0 Å². The van der Waals surface area contributed by atoms with Gasteiger partial charge >= 0.3 is 5.97 Å². The summed E-state index contributed by atoms with van der Waals surface area (Å²) in [4.78, 5) is 11.2. The minimum atomic E-state index is -1.03. The average molecular weight is 243 g/mol. The Morgan fingerprint density at radius 1 is 1.47 bits per heavy atom. The molecule has 0 saturated carbocycles. The first-order valence-electron chi connectivity index (χ1n) is 5.33. The van der Waals surface area contributed by atoms with E-state index >= 15 is 0 Å². The van der Waals surface area contributed by atoms with Gasteiger partial charge in [0.1, 0.15) is 11.6 Å². The SMILES string of the molecule is CCOC(=O)C[C@H](N)c1c(F)ccc(C)c1F. The molecule has 0 aliphatic heterocycles. The maximum Gasteiger partial charge on any atom is 0.307 e. The van der Waals surface area contributed by atoms with E-state index in [-0.39, 0.29) is 18.6 Å². The third-order valence-corrected chi connectivity index (χ3v) is 2.38. The van der Waals surface area contributed by atoms with Gasteiger partial charge in [-0.25, -0.2) is 8.78 Å². The van der Waals surface area contributed by atoms with Gasteiger partial charge in [0.25, 0.3) is 0 Å². The van der Waals surface area contributed by atoms with E-state index in [1.807, 2.05) is 0 Å². The molecule has 1 rings (SSSR count). The number of carbonyl (C=O) groups excluding carboxylic acids is 1. The van der Waals surface area contributed by atoms with E-state index in [0.29, 0.717) is 5.56 Å². The second-order valence-corrected chi connectivity index (χ2v) is 3.71. The van der Waals surface area contributed by atoms with Crippen molar-refractivity contribution in [2.75, 3.05) is 6.61 Å². The highest BCUT2D eigenvalue weighted by Gasteiger charge is 2.21. The lowest BCUT2D eigenvalue weighted by atomic mass is 10.0. The van der Waals surface area contributed by atoms with Crippen LogP contribution >= 0.6 is 0 Å². The predicted octanol–water partition coefficient (Wildman–Crippen LogP) is 2.23. The third-order valence-electron chi connectivity index (χ3n) is 2.38. The van der Waals surface area contributed by atoms with Crippen LogP contribution < -0.4 is 5.73 Å². The number of benzene rings is 1. The molecule has 5 heteroatoms. The van der Waals surface area contributed by atoms with E-state index in [0.717, 1.165) is 6.07 Å². The first-order chi connectivity index (χ1) is 7.97. The zero-order valence-corrected chi connectivity index (χ0v) is 9.80. The smallest absolute Gasteiger partial charge is 0.307 e. The summed E-state index contributed by atoms with van der Waals surface area (Å²) in [6.07, 6.45) is -0.245. The zero-order chi connectivity index (χ0) is 13.0. The molecule has 0 bridgehead atoms. The number of hydrogen-bond acceptors (Lipinski definition) is 3. The minimum absolute atomic E-state index is 0.213. The first-order valence-corrected chi connectivity index (χ1v) is 5.33. The van der Waals surface area contributed by atoms with E-state index in [1.165, 1.54) is 13.0 Å². The highest BCUT2D eigenvalue weighted by Crippen LogP contribution is 2.24. The number of rotatable bonds is 4. The van der Waals surface area contributed by atoms with Crippen LogP contribution in [0.25, 0.3) is 0 Å². The van der Waals surface area contributed by atoms with Crippen molar-refractivity contribution in [1.29, 1.82) is 0 Å². The summed E-state index contributed by atoms with van der Waals surface area (Å²) in [6, 6.07) is 1.43. The molecule has 0 amide bonds. The van der Waals surface area contributed by atoms with Gasteiger partial charge in [0.2, 0.25) is 0 Å². The summed E-state index contributed by atoms with van der Waals surface area (Å²) in [5, 5.41) is 0. The molecule has 1 aromatic carbocycles. The lowest BCUT2D eigenvalue weighted by Gasteiger charge is -2.14. The van der Waals surface area contributed by atoms with Crippen LogP contribution in [0.1, 0.15) is 30.5 Å². The number of nitrogens with two attached hydrogens (primary N) is 1. The molecule has 0 fully saturated rings. The van der Waals surface area contributed by atoms with Crippen LogP contribution in [-0.4, -0.2) is 12.6 Å². The first kappa shape index (κ1) is 13.6. The Labute approximate surface area is 98.6 Å². The summed E-state index contributed by atoms with van der Waals surface area (Å²) in [5.41, 5.74) is 5.64. The fraction of sp³-hybridized carbons (Fsp3) is 0.417. The van der Waals surface area contributed by atoms with Crippen molar-refractivity contribution in [2.24, 2.45) is 5.73 Å². The number of ether oxygens (including phenoxy) is 1. The molecule has 0 unspecified atom stereocenters. The van der Waals surface area contributed by atoms with E-state index in [4.69, 9.17) is 5.73 Å². The summed E-state index contributed by atoms with van der Waals surface area (Å²) < 4.78 is 31.8. The molecule has 0 spiro atoms. The summed E-state index contributed by atoms with van der Waals surface area (Å²) >= 11 is 0. The number of aryl methyl sites for hydroxylation is 1. The summed E-state index contributed by atoms with van der Waals surface area (Å²) in [6.45, 7) is 3.37. The van der Waals surface area contributed by atoms with E-state index in [9.17, 15) is 13.6 Å². The van der Waals surface area contributed by atoms with E-state index in [1.54, 1.807) is 6.92 Å². The molecule has 0 aliphatic carbocycles. The highest BCUT2D eigenvalue weighted by atomic mass is 19.1. The number of esters is 1. The second-order valence-electron chi connectivity index (χ2n) is 3.71. The molecule has 94 valence electrons. The average Bonchev–Trinajstić information content (AvgIpc) is 2.24. The maximum absolute atomic E-state index is 13.7. The molecule has 0 radical (unpaired) electrons. The Morgan fingerprint density at radius 3 is 2.71 bits per heavy atom. The zero-order valence-electron chi connectivity index (χ0n) is 9.80. The Balaban J connectivity index is 2.92. The highest BCUT2D eigenvalue weighted by molar-refractivity contribution is 5.70. The molecule has 0 heterocycles. The van der Waals surface area contributed by atoms with E-state index in [2.05, 4.69) is 4.74 Å².